The molecule has 0 aliphatic heterocycles. The Labute approximate surface area is 105 Å². The molecule has 17 heavy (non-hydrogen) atoms. The number of unbranched alkanes of at least 4 members (excludes halogenated alkanes) is 1. The molecule has 3 nitrogen and oxygen atoms in total. The van der Waals surface area contributed by atoms with Gasteiger partial charge < -0.3 is 10.1 Å². The fraction of sp³-hybridized carbons (Fsp3) is 0.929. The molecule has 0 aromatic carbocycles. The molecular weight excluding hydrogens is 214 g/mol. The Morgan fingerprint density at radius 3 is 2.71 bits per heavy atom. The van der Waals surface area contributed by atoms with E-state index in [2.05, 4.69) is 26.1 Å². The van der Waals surface area contributed by atoms with Crippen LogP contribution in [0, 0.1) is 11.8 Å². The zero-order chi connectivity index (χ0) is 12.7. The smallest absolute Gasteiger partial charge is 0.407 e. The number of ether oxygens (including phenoxy) is 1. The van der Waals surface area contributed by atoms with Crippen LogP contribution in [-0.2, 0) is 4.74 Å². The number of hydrogen-bond donors (Lipinski definition) is 1. The van der Waals surface area contributed by atoms with Crippen molar-refractivity contribution in [3.63, 3.8) is 0 Å². The van der Waals surface area contributed by atoms with Gasteiger partial charge >= 0.3 is 6.09 Å². The molecule has 1 aliphatic rings. The number of nitrogens with one attached hydrogen (secondary N) is 1. The molecule has 0 saturated heterocycles. The highest BCUT2D eigenvalue weighted by atomic mass is 16.6. The molecule has 0 bridgehead atoms. The van der Waals surface area contributed by atoms with Gasteiger partial charge in [0.2, 0.25) is 0 Å². The van der Waals surface area contributed by atoms with E-state index >= 15 is 0 Å². The minimum atomic E-state index is -0.226. The molecule has 0 spiro atoms. The quantitative estimate of drug-likeness (QED) is 0.745. The molecule has 1 N–H and O–H groups in total. The van der Waals surface area contributed by atoms with Gasteiger partial charge in [-0.05, 0) is 37.5 Å². The Morgan fingerprint density at radius 1 is 1.35 bits per heavy atom. The van der Waals surface area contributed by atoms with Crippen LogP contribution in [0.15, 0.2) is 0 Å². The minimum absolute atomic E-state index is 0.130. The largest absolute Gasteiger partial charge is 0.446 e. The van der Waals surface area contributed by atoms with Crippen molar-refractivity contribution in [2.24, 2.45) is 11.8 Å². The van der Waals surface area contributed by atoms with Gasteiger partial charge in [-0.1, -0.05) is 33.6 Å². The van der Waals surface area contributed by atoms with Gasteiger partial charge in [-0.3, -0.25) is 0 Å². The van der Waals surface area contributed by atoms with Crippen molar-refractivity contribution in [3.05, 3.63) is 0 Å². The highest BCUT2D eigenvalue weighted by molar-refractivity contribution is 5.67. The van der Waals surface area contributed by atoms with Gasteiger partial charge in [0.15, 0.2) is 0 Å². The second kappa shape index (κ2) is 7.57. The van der Waals surface area contributed by atoms with E-state index in [0.717, 1.165) is 25.8 Å². The molecule has 3 heteroatoms. The molecule has 0 radical (unpaired) electrons. The van der Waals surface area contributed by atoms with E-state index in [1.807, 2.05) is 0 Å². The zero-order valence-electron chi connectivity index (χ0n) is 11.5. The van der Waals surface area contributed by atoms with Crippen LogP contribution in [0.5, 0.6) is 0 Å². The van der Waals surface area contributed by atoms with Crippen LogP contribution in [0.2, 0.25) is 0 Å². The molecule has 1 fully saturated rings. The topological polar surface area (TPSA) is 38.3 Å². The predicted octanol–water partition coefficient (Wildman–Crippen LogP) is 3.73. The van der Waals surface area contributed by atoms with E-state index in [0.29, 0.717) is 11.8 Å². The molecule has 1 saturated carbocycles. The molecule has 2 atom stereocenters. The first-order valence-corrected chi connectivity index (χ1v) is 7.09. The van der Waals surface area contributed by atoms with E-state index in [4.69, 9.17) is 4.74 Å². The third-order valence-electron chi connectivity index (χ3n) is 3.67. The van der Waals surface area contributed by atoms with E-state index in [1.54, 1.807) is 0 Å². The molecule has 1 rings (SSSR count). The first-order chi connectivity index (χ1) is 8.15. The van der Waals surface area contributed by atoms with E-state index in [-0.39, 0.29) is 12.2 Å². The monoisotopic (exact) mass is 241 g/mol. The molecule has 100 valence electrons. The first-order valence-electron chi connectivity index (χ1n) is 7.09. The third-order valence-corrected chi connectivity index (χ3v) is 3.67. The zero-order valence-corrected chi connectivity index (χ0v) is 11.5. The van der Waals surface area contributed by atoms with Gasteiger partial charge in [-0.2, -0.15) is 0 Å². The normalized spacial score (nSPS) is 24.7. The summed E-state index contributed by atoms with van der Waals surface area (Å²) in [6, 6.07) is 0. The fourth-order valence-corrected chi connectivity index (χ4v) is 2.58. The van der Waals surface area contributed by atoms with Gasteiger partial charge in [0, 0.05) is 6.54 Å². The molecule has 0 unspecified atom stereocenters. The summed E-state index contributed by atoms with van der Waals surface area (Å²) in [6.45, 7) is 7.29. The number of amides is 1. The second-order valence-corrected chi connectivity index (χ2v) is 5.42. The summed E-state index contributed by atoms with van der Waals surface area (Å²) in [5.74, 6) is 1.14. The Balaban J connectivity index is 2.34. The summed E-state index contributed by atoms with van der Waals surface area (Å²) >= 11 is 0. The highest BCUT2D eigenvalue weighted by Crippen LogP contribution is 2.32. The maximum absolute atomic E-state index is 11.6. The summed E-state index contributed by atoms with van der Waals surface area (Å²) in [6.07, 6.45) is 6.72. The Morgan fingerprint density at radius 2 is 2.06 bits per heavy atom. The van der Waals surface area contributed by atoms with Crippen molar-refractivity contribution in [1.82, 2.24) is 5.32 Å². The van der Waals surface area contributed by atoms with Crippen molar-refractivity contribution < 1.29 is 9.53 Å². The van der Waals surface area contributed by atoms with Gasteiger partial charge in [-0.15, -0.1) is 0 Å². The van der Waals surface area contributed by atoms with Crippen molar-refractivity contribution in [2.45, 2.75) is 65.4 Å². The lowest BCUT2D eigenvalue weighted by atomic mass is 9.79. The number of carbonyl (C=O) groups is 1. The molecule has 1 aliphatic carbocycles. The average molecular weight is 241 g/mol. The van der Waals surface area contributed by atoms with Crippen molar-refractivity contribution in [3.8, 4) is 0 Å². The number of alkyl carbamates (subject to hydrolysis) is 1. The Hall–Kier alpha value is -0.730. The standard InChI is InChI=1S/C14H27NO2/c1-4-5-10-15-14(16)17-13-9-7-6-8-12(13)11(2)3/h11-13H,4-10H2,1-3H3,(H,15,16)/t12-,13+/m0/s1. The van der Waals surface area contributed by atoms with Crippen molar-refractivity contribution in [2.75, 3.05) is 6.54 Å². The Bertz CT molecular complexity index is 228. The first kappa shape index (κ1) is 14.3. The lowest BCUT2D eigenvalue weighted by Crippen LogP contribution is -2.37. The van der Waals surface area contributed by atoms with Crippen LogP contribution in [0.3, 0.4) is 0 Å². The Kier molecular flexibility index (Phi) is 6.38. The molecule has 0 aromatic heterocycles. The third kappa shape index (κ3) is 4.97. The van der Waals surface area contributed by atoms with Crippen LogP contribution in [-0.4, -0.2) is 18.7 Å². The number of hydrogen-bond acceptors (Lipinski definition) is 2. The molecule has 0 aromatic rings. The van der Waals surface area contributed by atoms with Crippen LogP contribution in [0.4, 0.5) is 4.79 Å². The van der Waals surface area contributed by atoms with Gasteiger partial charge in [0.1, 0.15) is 6.10 Å². The summed E-state index contributed by atoms with van der Waals surface area (Å²) in [7, 11) is 0. The summed E-state index contributed by atoms with van der Waals surface area (Å²) < 4.78 is 5.56. The van der Waals surface area contributed by atoms with Gasteiger partial charge in [0.05, 0.1) is 0 Å². The molecular formula is C14H27NO2. The van der Waals surface area contributed by atoms with E-state index in [9.17, 15) is 4.79 Å². The van der Waals surface area contributed by atoms with Gasteiger partial charge in [-0.25, -0.2) is 4.79 Å². The second-order valence-electron chi connectivity index (χ2n) is 5.42. The summed E-state index contributed by atoms with van der Waals surface area (Å²) in [5.41, 5.74) is 0. The lowest BCUT2D eigenvalue weighted by Gasteiger charge is -2.33. The SMILES string of the molecule is CCCCNC(=O)O[C@@H]1CCCC[C@H]1C(C)C. The number of rotatable bonds is 5. The fourth-order valence-electron chi connectivity index (χ4n) is 2.58. The van der Waals surface area contributed by atoms with Crippen LogP contribution >= 0.6 is 0 Å². The number of carbonyl (C=O) groups excluding carboxylic acids is 1. The van der Waals surface area contributed by atoms with Crippen molar-refractivity contribution >= 4 is 6.09 Å². The average Bonchev–Trinajstić information content (AvgIpc) is 2.29. The van der Waals surface area contributed by atoms with E-state index in [1.165, 1.54) is 19.3 Å². The maximum atomic E-state index is 11.6. The predicted molar refractivity (Wildman–Crippen MR) is 70.0 cm³/mol. The minimum Gasteiger partial charge on any atom is -0.446 e. The van der Waals surface area contributed by atoms with Crippen LogP contribution < -0.4 is 5.32 Å². The maximum Gasteiger partial charge on any atom is 0.407 e. The lowest BCUT2D eigenvalue weighted by molar-refractivity contribution is 0.0205. The molecule has 1 amide bonds. The molecule has 0 heterocycles. The van der Waals surface area contributed by atoms with Crippen molar-refractivity contribution in [1.29, 1.82) is 0 Å². The highest BCUT2D eigenvalue weighted by Gasteiger charge is 2.30. The van der Waals surface area contributed by atoms with Crippen LogP contribution in [0.25, 0.3) is 0 Å². The van der Waals surface area contributed by atoms with Crippen LogP contribution in [0.1, 0.15) is 59.3 Å². The summed E-state index contributed by atoms with van der Waals surface area (Å²) in [4.78, 5) is 11.6. The summed E-state index contributed by atoms with van der Waals surface area (Å²) in [5, 5.41) is 2.83. The van der Waals surface area contributed by atoms with E-state index < -0.39 is 0 Å². The van der Waals surface area contributed by atoms with Gasteiger partial charge in [0.25, 0.3) is 0 Å².